The Morgan fingerprint density at radius 3 is 2.50 bits per heavy atom. The predicted octanol–water partition coefficient (Wildman–Crippen LogP) is 1.69. The SMILES string of the molecule is O=C(OCC(=O)N(c1ccccc1)C1C=CS(=O)(=O)C1)c1ccc([N+](=O)[O-])o1. The van der Waals surface area contributed by atoms with Crippen molar-refractivity contribution < 1.29 is 32.1 Å². The number of hydrogen-bond donors (Lipinski definition) is 0. The van der Waals surface area contributed by atoms with Gasteiger partial charge in [-0.3, -0.25) is 14.9 Å². The van der Waals surface area contributed by atoms with Crippen molar-refractivity contribution in [2.75, 3.05) is 17.3 Å². The van der Waals surface area contributed by atoms with E-state index < -0.39 is 50.9 Å². The average molecular weight is 406 g/mol. The van der Waals surface area contributed by atoms with Crippen LogP contribution in [0.4, 0.5) is 11.6 Å². The van der Waals surface area contributed by atoms with Crippen molar-refractivity contribution in [2.24, 2.45) is 0 Å². The molecule has 0 saturated heterocycles. The highest BCUT2D eigenvalue weighted by Gasteiger charge is 2.32. The van der Waals surface area contributed by atoms with Crippen LogP contribution in [0.5, 0.6) is 0 Å². The molecule has 146 valence electrons. The summed E-state index contributed by atoms with van der Waals surface area (Å²) < 4.78 is 33.1. The number of sulfone groups is 1. The lowest BCUT2D eigenvalue weighted by Gasteiger charge is -2.27. The molecule has 0 saturated carbocycles. The minimum atomic E-state index is -3.42. The molecule has 10 nitrogen and oxygen atoms in total. The summed E-state index contributed by atoms with van der Waals surface area (Å²) in [5.41, 5.74) is 0.434. The molecule has 0 spiro atoms. The van der Waals surface area contributed by atoms with E-state index in [1.54, 1.807) is 30.3 Å². The third kappa shape index (κ3) is 4.26. The van der Waals surface area contributed by atoms with Crippen LogP contribution in [0.25, 0.3) is 0 Å². The third-order valence-electron chi connectivity index (χ3n) is 3.85. The van der Waals surface area contributed by atoms with Crippen LogP contribution in [0, 0.1) is 10.1 Å². The third-order valence-corrected chi connectivity index (χ3v) is 5.22. The van der Waals surface area contributed by atoms with Gasteiger partial charge in [0.2, 0.25) is 5.76 Å². The van der Waals surface area contributed by atoms with Crippen molar-refractivity contribution in [3.05, 3.63) is 69.8 Å². The second-order valence-corrected chi connectivity index (χ2v) is 7.73. The highest BCUT2D eigenvalue weighted by molar-refractivity contribution is 7.94. The molecule has 0 radical (unpaired) electrons. The summed E-state index contributed by atoms with van der Waals surface area (Å²) in [5, 5.41) is 11.6. The molecule has 28 heavy (non-hydrogen) atoms. The van der Waals surface area contributed by atoms with Gasteiger partial charge in [-0.15, -0.1) is 0 Å². The Bertz CT molecular complexity index is 1040. The summed E-state index contributed by atoms with van der Waals surface area (Å²) in [6.07, 6.45) is 1.39. The number of ether oxygens (including phenoxy) is 1. The van der Waals surface area contributed by atoms with Crippen LogP contribution < -0.4 is 4.90 Å². The molecule has 0 fully saturated rings. The standard InChI is InChI=1S/C17H14N2O8S/c20-15(10-26-17(21)14-6-7-16(27-14)19(22)23)18(12-4-2-1-3-5-12)13-8-9-28(24,25)11-13/h1-9,13H,10-11H2. The van der Waals surface area contributed by atoms with E-state index in [0.717, 1.165) is 17.5 Å². The highest BCUT2D eigenvalue weighted by atomic mass is 32.2. The van der Waals surface area contributed by atoms with E-state index >= 15 is 0 Å². The summed E-state index contributed by atoms with van der Waals surface area (Å²) in [5.74, 6) is -3.05. The van der Waals surface area contributed by atoms with Gasteiger partial charge in [-0.1, -0.05) is 18.2 Å². The lowest BCUT2D eigenvalue weighted by molar-refractivity contribution is -0.402. The van der Waals surface area contributed by atoms with Gasteiger partial charge in [0.05, 0.1) is 17.9 Å². The second kappa shape index (κ2) is 7.64. The fourth-order valence-electron chi connectivity index (χ4n) is 2.63. The summed E-state index contributed by atoms with van der Waals surface area (Å²) >= 11 is 0. The number of benzene rings is 1. The molecule has 1 unspecified atom stereocenters. The van der Waals surface area contributed by atoms with Crippen molar-refractivity contribution in [2.45, 2.75) is 6.04 Å². The van der Waals surface area contributed by atoms with Crippen molar-refractivity contribution in [3.8, 4) is 0 Å². The van der Waals surface area contributed by atoms with E-state index in [9.17, 15) is 28.1 Å². The molecule has 2 heterocycles. The molecule has 0 N–H and O–H groups in total. The maximum absolute atomic E-state index is 12.7. The van der Waals surface area contributed by atoms with E-state index in [1.165, 1.54) is 11.0 Å². The minimum absolute atomic E-state index is 0.286. The van der Waals surface area contributed by atoms with Gasteiger partial charge in [-0.05, 0) is 24.3 Å². The first-order chi connectivity index (χ1) is 13.3. The fourth-order valence-corrected chi connectivity index (χ4v) is 3.90. The number of carbonyl (C=O) groups excluding carboxylic acids is 2. The molecule has 1 atom stereocenters. The maximum Gasteiger partial charge on any atom is 0.433 e. The molecule has 3 rings (SSSR count). The van der Waals surface area contributed by atoms with Gasteiger partial charge in [-0.2, -0.15) is 0 Å². The van der Waals surface area contributed by atoms with Crippen LogP contribution in [0.1, 0.15) is 10.6 Å². The van der Waals surface area contributed by atoms with Crippen LogP contribution in [0.3, 0.4) is 0 Å². The van der Waals surface area contributed by atoms with E-state index in [2.05, 4.69) is 0 Å². The molecule has 1 aliphatic rings. The molecular formula is C17H14N2O8S. The van der Waals surface area contributed by atoms with Crippen LogP contribution in [-0.4, -0.2) is 43.6 Å². The Morgan fingerprint density at radius 2 is 1.93 bits per heavy atom. The van der Waals surface area contributed by atoms with E-state index in [-0.39, 0.29) is 5.75 Å². The zero-order chi connectivity index (χ0) is 20.3. The highest BCUT2D eigenvalue weighted by Crippen LogP contribution is 2.23. The van der Waals surface area contributed by atoms with Gasteiger partial charge in [-0.25, -0.2) is 13.2 Å². The fraction of sp³-hybridized carbons (Fsp3) is 0.176. The number of para-hydroxylation sites is 1. The number of hydrogen-bond acceptors (Lipinski definition) is 8. The van der Waals surface area contributed by atoms with Crippen molar-refractivity contribution in [3.63, 3.8) is 0 Å². The van der Waals surface area contributed by atoms with Crippen LogP contribution >= 0.6 is 0 Å². The van der Waals surface area contributed by atoms with Gasteiger partial charge in [0.15, 0.2) is 16.4 Å². The lowest BCUT2D eigenvalue weighted by Crippen LogP contribution is -2.43. The quantitative estimate of drug-likeness (QED) is 0.401. The zero-order valence-corrected chi connectivity index (χ0v) is 15.1. The Kier molecular flexibility index (Phi) is 5.27. The van der Waals surface area contributed by atoms with Crippen molar-refractivity contribution in [1.82, 2.24) is 0 Å². The predicted molar refractivity (Wildman–Crippen MR) is 96.3 cm³/mol. The Balaban J connectivity index is 1.73. The Morgan fingerprint density at radius 1 is 1.21 bits per heavy atom. The molecule has 2 aromatic rings. The van der Waals surface area contributed by atoms with E-state index in [0.29, 0.717) is 5.69 Å². The monoisotopic (exact) mass is 406 g/mol. The van der Waals surface area contributed by atoms with Gasteiger partial charge >= 0.3 is 11.9 Å². The van der Waals surface area contributed by atoms with Gasteiger partial charge in [0.1, 0.15) is 4.92 Å². The lowest BCUT2D eigenvalue weighted by atomic mass is 10.2. The molecule has 1 aromatic carbocycles. The van der Waals surface area contributed by atoms with Crippen LogP contribution in [0.15, 0.2) is 58.4 Å². The first kappa shape index (κ1) is 19.3. The second-order valence-electron chi connectivity index (χ2n) is 5.80. The van der Waals surface area contributed by atoms with E-state index in [1.807, 2.05) is 0 Å². The normalized spacial score (nSPS) is 17.2. The topological polar surface area (TPSA) is 137 Å². The van der Waals surface area contributed by atoms with Crippen molar-refractivity contribution >= 4 is 33.3 Å². The summed E-state index contributed by atoms with van der Waals surface area (Å²) in [6.45, 7) is -0.702. The molecule has 1 aromatic heterocycles. The van der Waals surface area contributed by atoms with Gasteiger partial charge < -0.3 is 14.1 Å². The first-order valence-electron chi connectivity index (χ1n) is 7.96. The number of nitro groups is 1. The van der Waals surface area contributed by atoms with Crippen molar-refractivity contribution in [1.29, 1.82) is 0 Å². The maximum atomic E-state index is 12.7. The molecule has 0 aliphatic carbocycles. The largest absolute Gasteiger partial charge is 0.450 e. The van der Waals surface area contributed by atoms with Crippen LogP contribution in [-0.2, 0) is 19.4 Å². The zero-order valence-electron chi connectivity index (χ0n) is 14.3. The molecule has 11 heteroatoms. The van der Waals surface area contributed by atoms with Gasteiger partial charge in [0.25, 0.3) is 5.91 Å². The van der Waals surface area contributed by atoms with Gasteiger partial charge in [0, 0.05) is 11.1 Å². The number of amides is 1. The summed E-state index contributed by atoms with van der Waals surface area (Å²) in [6, 6.07) is 9.63. The number of esters is 1. The molecule has 1 amide bonds. The average Bonchev–Trinajstić information content (AvgIpc) is 3.28. The first-order valence-corrected chi connectivity index (χ1v) is 9.68. The van der Waals surface area contributed by atoms with E-state index in [4.69, 9.17) is 9.15 Å². The molecule has 1 aliphatic heterocycles. The Labute approximate surface area is 159 Å². The minimum Gasteiger partial charge on any atom is -0.450 e. The Hall–Kier alpha value is -3.47. The number of anilines is 1. The van der Waals surface area contributed by atoms with Crippen LogP contribution in [0.2, 0.25) is 0 Å². The number of carbonyl (C=O) groups is 2. The smallest absolute Gasteiger partial charge is 0.433 e. The summed E-state index contributed by atoms with van der Waals surface area (Å²) in [4.78, 5) is 35.6. The number of rotatable bonds is 6. The number of nitrogens with zero attached hydrogens (tertiary/aromatic N) is 2. The molecular weight excluding hydrogens is 392 g/mol. The molecule has 0 bridgehead atoms. The number of furan rings is 1. The summed E-state index contributed by atoms with van der Waals surface area (Å²) in [7, 11) is -3.42.